The fourth-order valence-corrected chi connectivity index (χ4v) is 2.82. The van der Waals surface area contributed by atoms with Gasteiger partial charge in [0.25, 0.3) is 11.8 Å². The SMILES string of the molecule is CCCN(CC1CC1)C(=O)CN1C(=O)c2ccccc2C1=O. The van der Waals surface area contributed by atoms with E-state index in [1.54, 1.807) is 29.2 Å². The van der Waals surface area contributed by atoms with E-state index in [4.69, 9.17) is 0 Å². The van der Waals surface area contributed by atoms with Crippen molar-refractivity contribution in [3.8, 4) is 0 Å². The van der Waals surface area contributed by atoms with Crippen molar-refractivity contribution in [3.63, 3.8) is 0 Å². The Kier molecular flexibility index (Phi) is 3.96. The first-order valence-electron chi connectivity index (χ1n) is 7.84. The Hall–Kier alpha value is -2.17. The largest absolute Gasteiger partial charge is 0.341 e. The summed E-state index contributed by atoms with van der Waals surface area (Å²) in [5.74, 6) is -0.269. The zero-order valence-corrected chi connectivity index (χ0v) is 12.7. The smallest absolute Gasteiger partial charge is 0.262 e. The van der Waals surface area contributed by atoms with Crippen LogP contribution in [0.2, 0.25) is 0 Å². The molecule has 2 aliphatic rings. The fraction of sp³-hybridized carbons (Fsp3) is 0.471. The highest BCUT2D eigenvalue weighted by Crippen LogP contribution is 2.30. The molecule has 0 N–H and O–H groups in total. The van der Waals surface area contributed by atoms with Gasteiger partial charge < -0.3 is 4.90 Å². The molecule has 0 radical (unpaired) electrons. The summed E-state index contributed by atoms with van der Waals surface area (Å²) in [5.41, 5.74) is 0.786. The predicted octanol–water partition coefficient (Wildman–Crippen LogP) is 1.93. The van der Waals surface area contributed by atoms with Crippen LogP contribution in [-0.4, -0.2) is 47.2 Å². The first-order valence-corrected chi connectivity index (χ1v) is 7.84. The van der Waals surface area contributed by atoms with E-state index < -0.39 is 0 Å². The fourth-order valence-electron chi connectivity index (χ4n) is 2.82. The van der Waals surface area contributed by atoms with Crippen LogP contribution < -0.4 is 0 Å². The molecule has 1 heterocycles. The van der Waals surface area contributed by atoms with Crippen LogP contribution in [0.15, 0.2) is 24.3 Å². The van der Waals surface area contributed by atoms with E-state index in [1.165, 1.54) is 12.8 Å². The van der Waals surface area contributed by atoms with Gasteiger partial charge in [0.1, 0.15) is 6.54 Å². The highest BCUT2D eigenvalue weighted by Gasteiger charge is 2.37. The van der Waals surface area contributed by atoms with Crippen LogP contribution in [0, 0.1) is 5.92 Å². The van der Waals surface area contributed by atoms with Crippen LogP contribution in [0.5, 0.6) is 0 Å². The standard InChI is InChI=1S/C17H20N2O3/c1-2-9-18(10-12-7-8-12)15(20)11-19-16(21)13-5-3-4-6-14(13)17(19)22/h3-6,12H,2,7-11H2,1H3. The van der Waals surface area contributed by atoms with Crippen molar-refractivity contribution >= 4 is 17.7 Å². The molecule has 0 bridgehead atoms. The van der Waals surface area contributed by atoms with Gasteiger partial charge in [-0.3, -0.25) is 19.3 Å². The lowest BCUT2D eigenvalue weighted by Gasteiger charge is -2.24. The average molecular weight is 300 g/mol. The number of carbonyl (C=O) groups is 3. The molecule has 0 spiro atoms. The zero-order chi connectivity index (χ0) is 15.7. The summed E-state index contributed by atoms with van der Waals surface area (Å²) >= 11 is 0. The number of hydrogen-bond acceptors (Lipinski definition) is 3. The van der Waals surface area contributed by atoms with Gasteiger partial charge in [-0.15, -0.1) is 0 Å². The van der Waals surface area contributed by atoms with Gasteiger partial charge in [-0.1, -0.05) is 19.1 Å². The maximum absolute atomic E-state index is 12.5. The molecular weight excluding hydrogens is 280 g/mol. The predicted molar refractivity (Wildman–Crippen MR) is 81.4 cm³/mol. The van der Waals surface area contributed by atoms with E-state index >= 15 is 0 Å². The molecule has 22 heavy (non-hydrogen) atoms. The molecule has 1 aromatic rings. The van der Waals surface area contributed by atoms with Crippen molar-refractivity contribution in [2.24, 2.45) is 5.92 Å². The molecule has 0 atom stereocenters. The van der Waals surface area contributed by atoms with Crippen molar-refractivity contribution in [3.05, 3.63) is 35.4 Å². The Balaban J connectivity index is 1.71. The third-order valence-corrected chi connectivity index (χ3v) is 4.19. The summed E-state index contributed by atoms with van der Waals surface area (Å²) in [6, 6.07) is 6.72. The second-order valence-corrected chi connectivity index (χ2v) is 6.03. The van der Waals surface area contributed by atoms with Crippen LogP contribution in [-0.2, 0) is 4.79 Å². The number of benzene rings is 1. The molecule has 5 nitrogen and oxygen atoms in total. The Morgan fingerprint density at radius 1 is 1.18 bits per heavy atom. The first-order chi connectivity index (χ1) is 10.6. The number of amides is 3. The normalized spacial score (nSPS) is 16.9. The van der Waals surface area contributed by atoms with E-state index in [0.717, 1.165) is 17.9 Å². The third kappa shape index (κ3) is 2.75. The number of rotatable bonds is 6. The number of imide groups is 1. The van der Waals surface area contributed by atoms with Gasteiger partial charge in [0.15, 0.2) is 0 Å². The molecule has 1 aliphatic heterocycles. The molecule has 1 aromatic carbocycles. The van der Waals surface area contributed by atoms with Gasteiger partial charge in [-0.2, -0.15) is 0 Å². The molecular formula is C17H20N2O3. The third-order valence-electron chi connectivity index (χ3n) is 4.19. The van der Waals surface area contributed by atoms with Crippen molar-refractivity contribution in [1.82, 2.24) is 9.80 Å². The Labute approximate surface area is 129 Å². The van der Waals surface area contributed by atoms with Gasteiger partial charge in [0, 0.05) is 13.1 Å². The monoisotopic (exact) mass is 300 g/mol. The second-order valence-electron chi connectivity index (χ2n) is 6.03. The van der Waals surface area contributed by atoms with Crippen molar-refractivity contribution < 1.29 is 14.4 Å². The van der Waals surface area contributed by atoms with Gasteiger partial charge in [-0.05, 0) is 37.3 Å². The maximum Gasteiger partial charge on any atom is 0.262 e. The molecule has 3 rings (SSSR count). The molecule has 116 valence electrons. The molecule has 0 unspecified atom stereocenters. The van der Waals surface area contributed by atoms with Crippen LogP contribution >= 0.6 is 0 Å². The lowest BCUT2D eigenvalue weighted by Crippen LogP contribution is -2.43. The number of hydrogen-bond donors (Lipinski definition) is 0. The molecule has 3 amide bonds. The summed E-state index contributed by atoms with van der Waals surface area (Å²) in [5, 5.41) is 0. The minimum Gasteiger partial charge on any atom is -0.341 e. The number of carbonyl (C=O) groups excluding carboxylic acids is 3. The lowest BCUT2D eigenvalue weighted by atomic mass is 10.1. The van der Waals surface area contributed by atoms with Crippen molar-refractivity contribution in [1.29, 1.82) is 0 Å². The molecule has 0 aromatic heterocycles. The van der Waals surface area contributed by atoms with Gasteiger partial charge in [0.05, 0.1) is 11.1 Å². The molecule has 1 aliphatic carbocycles. The van der Waals surface area contributed by atoms with Crippen LogP contribution in [0.3, 0.4) is 0 Å². The Morgan fingerprint density at radius 2 is 1.77 bits per heavy atom. The van der Waals surface area contributed by atoms with Gasteiger partial charge in [-0.25, -0.2) is 0 Å². The highest BCUT2D eigenvalue weighted by atomic mass is 16.2. The van der Waals surface area contributed by atoms with Crippen LogP contribution in [0.4, 0.5) is 0 Å². The van der Waals surface area contributed by atoms with E-state index in [-0.39, 0.29) is 24.3 Å². The number of fused-ring (bicyclic) bond motifs is 1. The summed E-state index contributed by atoms with van der Waals surface area (Å²) in [6.07, 6.45) is 3.21. The minimum atomic E-state index is -0.364. The van der Waals surface area contributed by atoms with E-state index in [1.807, 2.05) is 6.92 Å². The summed E-state index contributed by atoms with van der Waals surface area (Å²) in [6.45, 7) is 3.29. The summed E-state index contributed by atoms with van der Waals surface area (Å²) in [4.78, 5) is 39.9. The second kappa shape index (κ2) is 5.91. The zero-order valence-electron chi connectivity index (χ0n) is 12.7. The minimum absolute atomic E-state index is 0.136. The Bertz CT molecular complexity index is 587. The maximum atomic E-state index is 12.5. The lowest BCUT2D eigenvalue weighted by molar-refractivity contribution is -0.131. The molecule has 1 saturated carbocycles. The molecule has 0 saturated heterocycles. The van der Waals surface area contributed by atoms with Crippen LogP contribution in [0.25, 0.3) is 0 Å². The molecule has 1 fully saturated rings. The van der Waals surface area contributed by atoms with Crippen molar-refractivity contribution in [2.75, 3.05) is 19.6 Å². The van der Waals surface area contributed by atoms with E-state index in [9.17, 15) is 14.4 Å². The topological polar surface area (TPSA) is 57.7 Å². The van der Waals surface area contributed by atoms with Gasteiger partial charge >= 0.3 is 0 Å². The summed E-state index contributed by atoms with van der Waals surface area (Å²) < 4.78 is 0. The average Bonchev–Trinajstić information content (AvgIpc) is 3.31. The van der Waals surface area contributed by atoms with E-state index in [0.29, 0.717) is 23.6 Å². The number of nitrogens with zero attached hydrogens (tertiary/aromatic N) is 2. The van der Waals surface area contributed by atoms with E-state index in [2.05, 4.69) is 0 Å². The first kappa shape index (κ1) is 14.8. The van der Waals surface area contributed by atoms with Crippen molar-refractivity contribution in [2.45, 2.75) is 26.2 Å². The Morgan fingerprint density at radius 3 is 2.27 bits per heavy atom. The van der Waals surface area contributed by atoms with Gasteiger partial charge in [0.2, 0.25) is 5.91 Å². The summed E-state index contributed by atoms with van der Waals surface area (Å²) in [7, 11) is 0. The quantitative estimate of drug-likeness (QED) is 0.754. The highest BCUT2D eigenvalue weighted by molar-refractivity contribution is 6.22. The van der Waals surface area contributed by atoms with Crippen LogP contribution in [0.1, 0.15) is 46.9 Å². The molecule has 5 heteroatoms.